The normalized spacial score (nSPS) is 11.9. The number of carbonyl (C=O) groups is 1. The van der Waals surface area contributed by atoms with Crippen molar-refractivity contribution in [3.8, 4) is 0 Å². The highest BCUT2D eigenvalue weighted by atomic mass is 35.5. The molecule has 2 rings (SSSR count). The Morgan fingerprint density at radius 2 is 2.15 bits per heavy atom. The second-order valence-electron chi connectivity index (χ2n) is 5.01. The second kappa shape index (κ2) is 7.31. The standard InChI is InChI=1S/C15H21N3O.ClH/c1-3-7-18-8-6-12-4-5-13(10-14(12)18)17-15(19)9-11(2)16;/h4-6,8,10-11H,3,7,9,16H2,1-2H3,(H,17,19);1H. The fraction of sp³-hybridized carbons (Fsp3) is 0.400. The summed E-state index contributed by atoms with van der Waals surface area (Å²) in [5.74, 6) is -0.0389. The van der Waals surface area contributed by atoms with Crippen LogP contribution in [0.4, 0.5) is 5.69 Å². The van der Waals surface area contributed by atoms with E-state index in [1.54, 1.807) is 0 Å². The van der Waals surface area contributed by atoms with Crippen molar-refractivity contribution in [3.05, 3.63) is 30.5 Å². The number of aryl methyl sites for hydroxylation is 1. The maximum Gasteiger partial charge on any atom is 0.225 e. The van der Waals surface area contributed by atoms with Crippen LogP contribution in [0.25, 0.3) is 10.9 Å². The van der Waals surface area contributed by atoms with Crippen LogP contribution in [0.1, 0.15) is 26.7 Å². The molecule has 1 aromatic carbocycles. The molecule has 0 saturated heterocycles. The Bertz CT molecular complexity index is 578. The molecular formula is C15H22ClN3O. The van der Waals surface area contributed by atoms with Crippen LogP contribution in [-0.4, -0.2) is 16.5 Å². The van der Waals surface area contributed by atoms with E-state index in [-0.39, 0.29) is 24.4 Å². The molecule has 0 aliphatic heterocycles. The molecule has 0 saturated carbocycles. The first-order valence-electron chi connectivity index (χ1n) is 6.74. The van der Waals surface area contributed by atoms with E-state index in [1.165, 1.54) is 5.39 Å². The van der Waals surface area contributed by atoms with E-state index < -0.39 is 0 Å². The number of nitrogens with zero attached hydrogens (tertiary/aromatic N) is 1. The van der Waals surface area contributed by atoms with E-state index in [0.29, 0.717) is 6.42 Å². The minimum Gasteiger partial charge on any atom is -0.347 e. The predicted molar refractivity (Wildman–Crippen MR) is 86.4 cm³/mol. The van der Waals surface area contributed by atoms with Gasteiger partial charge in [-0.3, -0.25) is 4.79 Å². The van der Waals surface area contributed by atoms with Gasteiger partial charge in [-0.05, 0) is 36.9 Å². The molecule has 1 atom stereocenters. The molecule has 5 heteroatoms. The molecule has 1 aromatic heterocycles. The molecule has 0 radical (unpaired) electrons. The van der Waals surface area contributed by atoms with E-state index in [9.17, 15) is 4.79 Å². The molecule has 0 spiro atoms. The summed E-state index contributed by atoms with van der Waals surface area (Å²) < 4.78 is 2.20. The smallest absolute Gasteiger partial charge is 0.225 e. The molecule has 4 nitrogen and oxygen atoms in total. The fourth-order valence-corrected chi connectivity index (χ4v) is 2.20. The van der Waals surface area contributed by atoms with Gasteiger partial charge in [-0.25, -0.2) is 0 Å². The number of anilines is 1. The first-order valence-corrected chi connectivity index (χ1v) is 6.74. The molecular weight excluding hydrogens is 274 g/mol. The summed E-state index contributed by atoms with van der Waals surface area (Å²) in [5, 5.41) is 4.09. The summed E-state index contributed by atoms with van der Waals surface area (Å²) in [6, 6.07) is 7.95. The summed E-state index contributed by atoms with van der Waals surface area (Å²) in [4.78, 5) is 11.7. The van der Waals surface area contributed by atoms with Gasteiger partial charge in [-0.15, -0.1) is 12.4 Å². The summed E-state index contributed by atoms with van der Waals surface area (Å²) in [5.41, 5.74) is 7.60. The van der Waals surface area contributed by atoms with Gasteiger partial charge in [0.1, 0.15) is 0 Å². The van der Waals surface area contributed by atoms with E-state index in [4.69, 9.17) is 5.73 Å². The van der Waals surface area contributed by atoms with Crippen LogP contribution < -0.4 is 11.1 Å². The average Bonchev–Trinajstić information content (AvgIpc) is 2.71. The molecule has 0 aliphatic rings. The van der Waals surface area contributed by atoms with Crippen molar-refractivity contribution in [2.45, 2.75) is 39.3 Å². The lowest BCUT2D eigenvalue weighted by molar-refractivity contribution is -0.116. The third kappa shape index (κ3) is 3.99. The number of amides is 1. The molecule has 0 bridgehead atoms. The van der Waals surface area contributed by atoms with Crippen LogP contribution in [0.3, 0.4) is 0 Å². The minimum absolute atomic E-state index is 0. The lowest BCUT2D eigenvalue weighted by Crippen LogP contribution is -2.23. The number of benzene rings is 1. The van der Waals surface area contributed by atoms with Crippen molar-refractivity contribution in [2.75, 3.05) is 5.32 Å². The van der Waals surface area contributed by atoms with Gasteiger partial charge in [-0.2, -0.15) is 0 Å². The third-order valence-electron chi connectivity index (χ3n) is 3.03. The molecule has 20 heavy (non-hydrogen) atoms. The number of nitrogens with two attached hydrogens (primary N) is 1. The number of fused-ring (bicyclic) bond motifs is 1. The van der Waals surface area contributed by atoms with Crippen LogP contribution in [0, 0.1) is 0 Å². The zero-order chi connectivity index (χ0) is 13.8. The fourth-order valence-electron chi connectivity index (χ4n) is 2.20. The number of hydrogen-bond donors (Lipinski definition) is 2. The molecule has 0 aliphatic carbocycles. The quantitative estimate of drug-likeness (QED) is 0.890. The monoisotopic (exact) mass is 295 g/mol. The van der Waals surface area contributed by atoms with Crippen molar-refractivity contribution < 1.29 is 4.79 Å². The van der Waals surface area contributed by atoms with Crippen LogP contribution in [0.15, 0.2) is 30.5 Å². The number of aromatic nitrogens is 1. The maximum atomic E-state index is 11.7. The maximum absolute atomic E-state index is 11.7. The molecule has 110 valence electrons. The number of rotatable bonds is 5. The molecule has 1 heterocycles. The van der Waals surface area contributed by atoms with Gasteiger partial charge >= 0.3 is 0 Å². The molecule has 3 N–H and O–H groups in total. The summed E-state index contributed by atoms with van der Waals surface area (Å²) >= 11 is 0. The first kappa shape index (κ1) is 16.5. The van der Waals surface area contributed by atoms with E-state index in [1.807, 2.05) is 25.1 Å². The minimum atomic E-state index is -0.118. The number of carbonyl (C=O) groups excluding carboxylic acids is 1. The SMILES string of the molecule is CCCn1ccc2ccc(NC(=O)CC(C)N)cc21.Cl. The van der Waals surface area contributed by atoms with E-state index >= 15 is 0 Å². The van der Waals surface area contributed by atoms with Crippen molar-refractivity contribution in [3.63, 3.8) is 0 Å². The molecule has 0 fully saturated rings. The lowest BCUT2D eigenvalue weighted by atomic mass is 10.2. The van der Waals surface area contributed by atoms with Crippen LogP contribution in [0.5, 0.6) is 0 Å². The highest BCUT2D eigenvalue weighted by molar-refractivity contribution is 5.94. The Balaban J connectivity index is 0.00000200. The topological polar surface area (TPSA) is 60.0 Å². The Morgan fingerprint density at radius 1 is 1.40 bits per heavy atom. The van der Waals surface area contributed by atoms with Crippen LogP contribution in [0.2, 0.25) is 0 Å². The van der Waals surface area contributed by atoms with Gasteiger partial charge in [0.05, 0.1) is 5.52 Å². The Kier molecular flexibility index (Phi) is 6.05. The third-order valence-corrected chi connectivity index (χ3v) is 3.03. The highest BCUT2D eigenvalue weighted by Crippen LogP contribution is 2.21. The largest absolute Gasteiger partial charge is 0.347 e. The van der Waals surface area contributed by atoms with Crippen LogP contribution >= 0.6 is 12.4 Å². The average molecular weight is 296 g/mol. The van der Waals surface area contributed by atoms with Crippen molar-refractivity contribution >= 4 is 34.9 Å². The van der Waals surface area contributed by atoms with Gasteiger partial charge in [0.15, 0.2) is 0 Å². The zero-order valence-corrected chi connectivity index (χ0v) is 12.7. The van der Waals surface area contributed by atoms with Crippen molar-refractivity contribution in [2.24, 2.45) is 5.73 Å². The number of nitrogens with one attached hydrogen (secondary N) is 1. The lowest BCUT2D eigenvalue weighted by Gasteiger charge is -2.09. The van der Waals surface area contributed by atoms with Gasteiger partial charge < -0.3 is 15.6 Å². The Morgan fingerprint density at radius 3 is 2.80 bits per heavy atom. The van der Waals surface area contributed by atoms with Crippen molar-refractivity contribution in [1.29, 1.82) is 0 Å². The highest BCUT2D eigenvalue weighted by Gasteiger charge is 2.07. The van der Waals surface area contributed by atoms with Gasteiger partial charge in [0.2, 0.25) is 5.91 Å². The second-order valence-corrected chi connectivity index (χ2v) is 5.01. The summed E-state index contributed by atoms with van der Waals surface area (Å²) in [6.45, 7) is 4.97. The van der Waals surface area contributed by atoms with Gasteiger partial charge in [0.25, 0.3) is 0 Å². The number of hydrogen-bond acceptors (Lipinski definition) is 2. The Labute approximate surface area is 125 Å². The van der Waals surface area contributed by atoms with E-state index in [0.717, 1.165) is 24.2 Å². The Hall–Kier alpha value is -1.52. The van der Waals surface area contributed by atoms with E-state index in [2.05, 4.69) is 29.1 Å². The van der Waals surface area contributed by atoms with Crippen LogP contribution in [-0.2, 0) is 11.3 Å². The first-order chi connectivity index (χ1) is 9.10. The predicted octanol–water partition coefficient (Wildman–Crippen LogP) is 3.15. The summed E-state index contributed by atoms with van der Waals surface area (Å²) in [6.07, 6.45) is 3.51. The van der Waals surface area contributed by atoms with Crippen molar-refractivity contribution in [1.82, 2.24) is 4.57 Å². The zero-order valence-electron chi connectivity index (χ0n) is 11.9. The van der Waals surface area contributed by atoms with Gasteiger partial charge in [-0.1, -0.05) is 13.0 Å². The molecule has 1 unspecified atom stereocenters. The number of halogens is 1. The summed E-state index contributed by atoms with van der Waals surface area (Å²) in [7, 11) is 0. The molecule has 2 aromatic rings. The van der Waals surface area contributed by atoms with Gasteiger partial charge in [0, 0.05) is 30.9 Å². The molecule has 1 amide bonds.